The van der Waals surface area contributed by atoms with E-state index in [1.807, 2.05) is 32.8 Å². The van der Waals surface area contributed by atoms with E-state index in [0.717, 1.165) is 17.8 Å². The smallest absolute Gasteiger partial charge is 0.273 e. The standard InChI is InChI=1S/C19H23N5O3/c1-11-14(21-12(2)16(11)19(26)20-7-8-24(3)4)10-13-17(22-23-18(13)25)15-6-5-9-27-15/h5-6,9-10,21H,7-8H2,1-4H3,(H,20,26)(H,23,25)/b13-10+. The maximum absolute atomic E-state index is 12.5. The number of likely N-dealkylation sites (N-methyl/N-ethyl adjacent to an activating group) is 1. The van der Waals surface area contributed by atoms with Gasteiger partial charge in [0.15, 0.2) is 5.76 Å². The molecule has 0 spiro atoms. The lowest BCUT2D eigenvalue weighted by atomic mass is 10.0. The summed E-state index contributed by atoms with van der Waals surface area (Å²) in [5, 5.41) is 6.96. The van der Waals surface area contributed by atoms with E-state index in [0.29, 0.717) is 34.8 Å². The highest BCUT2D eigenvalue weighted by molar-refractivity contribution is 6.32. The zero-order valence-electron chi connectivity index (χ0n) is 15.8. The fourth-order valence-corrected chi connectivity index (χ4v) is 2.95. The van der Waals surface area contributed by atoms with Crippen molar-refractivity contribution in [3.05, 3.63) is 52.2 Å². The van der Waals surface area contributed by atoms with Gasteiger partial charge in [-0.1, -0.05) is 0 Å². The largest absolute Gasteiger partial charge is 0.463 e. The molecule has 2 aromatic rings. The number of carbonyl (C=O) groups is 2. The molecule has 27 heavy (non-hydrogen) atoms. The van der Waals surface area contributed by atoms with Crippen LogP contribution in [0.3, 0.4) is 0 Å². The van der Waals surface area contributed by atoms with Gasteiger partial charge in [-0.05, 0) is 51.7 Å². The molecule has 3 rings (SSSR count). The molecular formula is C19H23N5O3. The number of furan rings is 1. The van der Waals surface area contributed by atoms with Crippen LogP contribution in [-0.4, -0.2) is 54.6 Å². The lowest BCUT2D eigenvalue weighted by Gasteiger charge is -2.10. The number of hydrogen-bond donors (Lipinski definition) is 3. The van der Waals surface area contributed by atoms with Crippen LogP contribution in [0.2, 0.25) is 0 Å². The number of H-pyrrole nitrogens is 1. The van der Waals surface area contributed by atoms with Gasteiger partial charge in [0.05, 0.1) is 17.4 Å². The van der Waals surface area contributed by atoms with Gasteiger partial charge < -0.3 is 19.6 Å². The van der Waals surface area contributed by atoms with E-state index in [1.54, 1.807) is 18.2 Å². The Morgan fingerprint density at radius 3 is 2.81 bits per heavy atom. The Kier molecular flexibility index (Phi) is 5.27. The highest BCUT2D eigenvalue weighted by Crippen LogP contribution is 2.23. The maximum atomic E-state index is 12.5. The second kappa shape index (κ2) is 7.63. The van der Waals surface area contributed by atoms with Crippen molar-refractivity contribution in [2.75, 3.05) is 27.2 Å². The number of nitrogens with one attached hydrogen (secondary N) is 3. The van der Waals surface area contributed by atoms with E-state index >= 15 is 0 Å². The molecule has 8 nitrogen and oxygen atoms in total. The Balaban J connectivity index is 1.88. The number of nitrogens with zero attached hydrogens (tertiary/aromatic N) is 2. The summed E-state index contributed by atoms with van der Waals surface area (Å²) in [4.78, 5) is 29.9. The number of rotatable bonds is 6. The molecule has 0 unspecified atom stereocenters. The van der Waals surface area contributed by atoms with Crippen molar-refractivity contribution in [1.82, 2.24) is 20.6 Å². The second-order valence-electron chi connectivity index (χ2n) is 6.66. The van der Waals surface area contributed by atoms with E-state index in [9.17, 15) is 9.59 Å². The van der Waals surface area contributed by atoms with Crippen LogP contribution in [0.1, 0.15) is 33.1 Å². The summed E-state index contributed by atoms with van der Waals surface area (Å²) in [6, 6.07) is 3.47. The molecule has 3 N–H and O–H groups in total. The molecule has 3 heterocycles. The molecule has 2 aromatic heterocycles. The number of aromatic amines is 1. The van der Waals surface area contributed by atoms with Crippen LogP contribution in [0, 0.1) is 13.8 Å². The summed E-state index contributed by atoms with van der Waals surface area (Å²) in [6.45, 7) is 5.01. The van der Waals surface area contributed by atoms with Crippen molar-refractivity contribution >= 4 is 23.6 Å². The number of hydrazone groups is 1. The Morgan fingerprint density at radius 1 is 1.37 bits per heavy atom. The average Bonchev–Trinajstić information content (AvgIpc) is 3.30. The van der Waals surface area contributed by atoms with Crippen LogP contribution in [0.5, 0.6) is 0 Å². The van der Waals surface area contributed by atoms with Gasteiger partial charge in [-0.2, -0.15) is 5.10 Å². The molecule has 2 amide bonds. The maximum Gasteiger partial charge on any atom is 0.273 e. The van der Waals surface area contributed by atoms with Gasteiger partial charge in [0.1, 0.15) is 5.71 Å². The third kappa shape index (κ3) is 3.85. The van der Waals surface area contributed by atoms with Crippen LogP contribution in [0.25, 0.3) is 6.08 Å². The third-order valence-electron chi connectivity index (χ3n) is 4.36. The Hall–Kier alpha value is -3.13. The lowest BCUT2D eigenvalue weighted by molar-refractivity contribution is -0.116. The van der Waals surface area contributed by atoms with Crippen molar-refractivity contribution in [2.45, 2.75) is 13.8 Å². The zero-order chi connectivity index (χ0) is 19.6. The fraction of sp³-hybridized carbons (Fsp3) is 0.316. The van der Waals surface area contributed by atoms with Gasteiger partial charge in [-0.3, -0.25) is 9.59 Å². The van der Waals surface area contributed by atoms with Gasteiger partial charge in [0.2, 0.25) is 0 Å². The van der Waals surface area contributed by atoms with E-state index in [-0.39, 0.29) is 11.8 Å². The number of amides is 2. The van der Waals surface area contributed by atoms with E-state index < -0.39 is 0 Å². The average molecular weight is 369 g/mol. The Labute approximate surface area is 157 Å². The normalized spacial score (nSPS) is 15.4. The number of carbonyl (C=O) groups excluding carboxylic acids is 2. The van der Waals surface area contributed by atoms with E-state index in [4.69, 9.17) is 4.42 Å². The molecule has 0 atom stereocenters. The van der Waals surface area contributed by atoms with Crippen molar-refractivity contribution in [3.63, 3.8) is 0 Å². The minimum Gasteiger partial charge on any atom is -0.463 e. The van der Waals surface area contributed by atoms with Crippen LogP contribution < -0.4 is 10.7 Å². The molecule has 0 aliphatic carbocycles. The first-order valence-corrected chi connectivity index (χ1v) is 8.64. The van der Waals surface area contributed by atoms with Crippen LogP contribution in [0.4, 0.5) is 0 Å². The number of aromatic nitrogens is 1. The molecule has 0 saturated heterocycles. The minimum absolute atomic E-state index is 0.136. The van der Waals surface area contributed by atoms with Crippen LogP contribution in [-0.2, 0) is 4.79 Å². The van der Waals surface area contributed by atoms with Gasteiger partial charge in [0, 0.05) is 24.5 Å². The molecule has 0 saturated carbocycles. The highest BCUT2D eigenvalue weighted by Gasteiger charge is 2.27. The first kappa shape index (κ1) is 18.7. The quantitative estimate of drug-likeness (QED) is 0.670. The van der Waals surface area contributed by atoms with Gasteiger partial charge >= 0.3 is 0 Å². The highest BCUT2D eigenvalue weighted by atomic mass is 16.3. The number of hydrogen-bond acceptors (Lipinski definition) is 5. The molecule has 0 radical (unpaired) electrons. The van der Waals surface area contributed by atoms with Crippen LogP contribution in [0.15, 0.2) is 33.5 Å². The predicted octanol–water partition coefficient (Wildman–Crippen LogP) is 1.43. The molecule has 8 heteroatoms. The van der Waals surface area contributed by atoms with Gasteiger partial charge in [-0.15, -0.1) is 0 Å². The Bertz CT molecular complexity index is 920. The van der Waals surface area contributed by atoms with Gasteiger partial charge in [-0.25, -0.2) is 5.43 Å². The molecule has 0 aromatic carbocycles. The second-order valence-corrected chi connectivity index (χ2v) is 6.66. The van der Waals surface area contributed by atoms with Crippen molar-refractivity contribution in [3.8, 4) is 0 Å². The van der Waals surface area contributed by atoms with Crippen molar-refractivity contribution < 1.29 is 14.0 Å². The topological polar surface area (TPSA) is 103 Å². The third-order valence-corrected chi connectivity index (χ3v) is 4.36. The summed E-state index contributed by atoms with van der Waals surface area (Å²) >= 11 is 0. The predicted molar refractivity (Wildman–Crippen MR) is 103 cm³/mol. The Morgan fingerprint density at radius 2 is 2.15 bits per heavy atom. The summed E-state index contributed by atoms with van der Waals surface area (Å²) in [7, 11) is 3.90. The molecule has 0 fully saturated rings. The molecule has 142 valence electrons. The molecule has 1 aliphatic rings. The van der Waals surface area contributed by atoms with Crippen molar-refractivity contribution in [2.24, 2.45) is 5.10 Å². The van der Waals surface area contributed by atoms with Gasteiger partial charge in [0.25, 0.3) is 11.8 Å². The van der Waals surface area contributed by atoms with E-state index in [2.05, 4.69) is 20.8 Å². The SMILES string of the molecule is Cc1[nH]c(/C=C2/C(=O)NN=C2c2ccco2)c(C)c1C(=O)NCCN(C)C. The van der Waals surface area contributed by atoms with Crippen LogP contribution >= 0.6 is 0 Å². The van der Waals surface area contributed by atoms with E-state index in [1.165, 1.54) is 6.26 Å². The lowest BCUT2D eigenvalue weighted by Crippen LogP contribution is -2.31. The summed E-state index contributed by atoms with van der Waals surface area (Å²) in [6.07, 6.45) is 3.22. The summed E-state index contributed by atoms with van der Waals surface area (Å²) in [5.41, 5.74) is 6.08. The molecular weight excluding hydrogens is 346 g/mol. The summed E-state index contributed by atoms with van der Waals surface area (Å²) < 4.78 is 5.35. The fourth-order valence-electron chi connectivity index (χ4n) is 2.95. The summed E-state index contributed by atoms with van der Waals surface area (Å²) in [5.74, 6) is 0.0516. The first-order valence-electron chi connectivity index (χ1n) is 8.64. The van der Waals surface area contributed by atoms with Crippen molar-refractivity contribution in [1.29, 1.82) is 0 Å². The molecule has 0 bridgehead atoms. The first-order chi connectivity index (χ1) is 12.9. The molecule has 1 aliphatic heterocycles. The zero-order valence-corrected chi connectivity index (χ0v) is 15.8. The monoisotopic (exact) mass is 369 g/mol. The number of aryl methyl sites for hydroxylation is 1. The minimum atomic E-state index is -0.315.